The lowest BCUT2D eigenvalue weighted by Crippen LogP contribution is -2.10. The van der Waals surface area contributed by atoms with Gasteiger partial charge in [-0.05, 0) is 12.1 Å². The van der Waals surface area contributed by atoms with E-state index in [2.05, 4.69) is 4.74 Å². The number of Topliss-reactive ketones (excluding diaryl/α,β-unsaturated/α-hetero) is 1. The maximum Gasteiger partial charge on any atom is 0.261 e. The van der Waals surface area contributed by atoms with Crippen molar-refractivity contribution in [3.8, 4) is 5.75 Å². The molecule has 18 heavy (non-hydrogen) atoms. The lowest BCUT2D eigenvalue weighted by molar-refractivity contribution is 0.0169. The maximum absolute atomic E-state index is 13.5. The zero-order chi connectivity index (χ0) is 13.5. The first-order valence-corrected chi connectivity index (χ1v) is 5.27. The van der Waals surface area contributed by atoms with Crippen molar-refractivity contribution in [3.05, 3.63) is 29.6 Å². The fourth-order valence-corrected chi connectivity index (χ4v) is 1.32. The molecule has 6 heteroatoms. The summed E-state index contributed by atoms with van der Waals surface area (Å²) < 4.78 is 46.3. The van der Waals surface area contributed by atoms with E-state index in [1.165, 1.54) is 19.2 Å². The highest BCUT2D eigenvalue weighted by atomic mass is 19.3. The SMILES string of the molecule is COc1ccc(C(=O)CCOCC(F)F)c(F)c1. The Morgan fingerprint density at radius 1 is 1.39 bits per heavy atom. The minimum Gasteiger partial charge on any atom is -0.497 e. The highest BCUT2D eigenvalue weighted by molar-refractivity contribution is 5.96. The number of ketones is 1. The minimum absolute atomic E-state index is 0.101. The van der Waals surface area contributed by atoms with Gasteiger partial charge in [0.25, 0.3) is 6.43 Å². The Bertz CT molecular complexity index is 408. The second-order valence-corrected chi connectivity index (χ2v) is 3.48. The lowest BCUT2D eigenvalue weighted by Gasteiger charge is -2.05. The number of carbonyl (C=O) groups is 1. The molecule has 0 N–H and O–H groups in total. The molecule has 0 unspecified atom stereocenters. The number of hydrogen-bond acceptors (Lipinski definition) is 3. The van der Waals surface area contributed by atoms with Gasteiger partial charge in [0.1, 0.15) is 18.2 Å². The molecule has 0 atom stereocenters. The molecule has 1 aromatic rings. The first kappa shape index (κ1) is 14.5. The van der Waals surface area contributed by atoms with E-state index in [-0.39, 0.29) is 18.6 Å². The van der Waals surface area contributed by atoms with Crippen LogP contribution in [0.5, 0.6) is 5.75 Å². The zero-order valence-corrected chi connectivity index (χ0v) is 9.79. The predicted octanol–water partition coefficient (Wildman–Crippen LogP) is 2.69. The van der Waals surface area contributed by atoms with Gasteiger partial charge in [-0.15, -0.1) is 0 Å². The van der Waals surface area contributed by atoms with Crippen LogP contribution in [0, 0.1) is 5.82 Å². The van der Waals surface area contributed by atoms with Crippen LogP contribution in [0.25, 0.3) is 0 Å². The van der Waals surface area contributed by atoms with Crippen molar-refractivity contribution in [2.75, 3.05) is 20.3 Å². The van der Waals surface area contributed by atoms with E-state index in [1.807, 2.05) is 0 Å². The van der Waals surface area contributed by atoms with E-state index in [0.29, 0.717) is 5.75 Å². The molecule has 0 saturated carbocycles. The number of carbonyl (C=O) groups excluding carboxylic acids is 1. The van der Waals surface area contributed by atoms with E-state index < -0.39 is 24.6 Å². The summed E-state index contributed by atoms with van der Waals surface area (Å²) >= 11 is 0. The molecule has 0 aliphatic carbocycles. The number of halogens is 3. The highest BCUT2D eigenvalue weighted by Gasteiger charge is 2.12. The van der Waals surface area contributed by atoms with Gasteiger partial charge in [-0.25, -0.2) is 13.2 Å². The van der Waals surface area contributed by atoms with Crippen LogP contribution in [-0.4, -0.2) is 32.5 Å². The maximum atomic E-state index is 13.5. The van der Waals surface area contributed by atoms with E-state index in [0.717, 1.165) is 6.07 Å². The van der Waals surface area contributed by atoms with Crippen molar-refractivity contribution >= 4 is 5.78 Å². The molecular weight excluding hydrogens is 249 g/mol. The van der Waals surface area contributed by atoms with E-state index in [9.17, 15) is 18.0 Å². The minimum atomic E-state index is -2.57. The van der Waals surface area contributed by atoms with Gasteiger partial charge in [-0.1, -0.05) is 0 Å². The fourth-order valence-electron chi connectivity index (χ4n) is 1.32. The molecule has 1 aromatic carbocycles. The first-order chi connectivity index (χ1) is 8.54. The van der Waals surface area contributed by atoms with Gasteiger partial charge in [0, 0.05) is 12.5 Å². The molecule has 0 amide bonds. The summed E-state index contributed by atoms with van der Waals surface area (Å²) in [4.78, 5) is 11.6. The Balaban J connectivity index is 2.51. The highest BCUT2D eigenvalue weighted by Crippen LogP contribution is 2.17. The Hall–Kier alpha value is -1.56. The Morgan fingerprint density at radius 3 is 2.67 bits per heavy atom. The summed E-state index contributed by atoms with van der Waals surface area (Å²) in [6, 6.07) is 3.84. The van der Waals surface area contributed by atoms with Gasteiger partial charge >= 0.3 is 0 Å². The second kappa shape index (κ2) is 7.00. The fraction of sp³-hybridized carbons (Fsp3) is 0.417. The van der Waals surface area contributed by atoms with Gasteiger partial charge in [0.2, 0.25) is 0 Å². The third-order valence-electron chi connectivity index (χ3n) is 2.19. The quantitative estimate of drug-likeness (QED) is 0.560. The largest absolute Gasteiger partial charge is 0.497 e. The van der Waals surface area contributed by atoms with E-state index in [4.69, 9.17) is 4.74 Å². The number of rotatable bonds is 7. The topological polar surface area (TPSA) is 35.5 Å². The van der Waals surface area contributed by atoms with Gasteiger partial charge in [-0.3, -0.25) is 4.79 Å². The van der Waals surface area contributed by atoms with Gasteiger partial charge in [0.05, 0.1) is 19.3 Å². The molecule has 0 aliphatic heterocycles. The number of ether oxygens (including phenoxy) is 2. The summed E-state index contributed by atoms with van der Waals surface area (Å²) in [6.07, 6.45) is -2.71. The monoisotopic (exact) mass is 262 g/mol. The van der Waals surface area contributed by atoms with Crippen molar-refractivity contribution in [3.63, 3.8) is 0 Å². The van der Waals surface area contributed by atoms with Crippen LogP contribution in [0.15, 0.2) is 18.2 Å². The summed E-state index contributed by atoms with van der Waals surface area (Å²) in [6.45, 7) is -0.882. The molecule has 1 rings (SSSR count). The van der Waals surface area contributed by atoms with Crippen LogP contribution in [-0.2, 0) is 4.74 Å². The molecule has 0 saturated heterocycles. The number of alkyl halides is 2. The molecule has 0 spiro atoms. The Labute approximate surface area is 103 Å². The van der Waals surface area contributed by atoms with Gasteiger partial charge in [-0.2, -0.15) is 0 Å². The summed E-state index contributed by atoms with van der Waals surface area (Å²) in [5.74, 6) is -0.893. The average Bonchev–Trinajstić information content (AvgIpc) is 2.33. The summed E-state index contributed by atoms with van der Waals surface area (Å²) in [5.41, 5.74) is -0.101. The molecule has 0 radical (unpaired) electrons. The molecule has 0 bridgehead atoms. The second-order valence-electron chi connectivity index (χ2n) is 3.48. The van der Waals surface area contributed by atoms with E-state index in [1.54, 1.807) is 0 Å². The molecule has 0 aromatic heterocycles. The lowest BCUT2D eigenvalue weighted by atomic mass is 10.1. The molecule has 3 nitrogen and oxygen atoms in total. The normalized spacial score (nSPS) is 10.7. The Kier molecular flexibility index (Phi) is 5.64. The molecule has 0 heterocycles. The standard InChI is InChI=1S/C12H13F3O3/c1-17-8-2-3-9(10(13)6-8)11(16)4-5-18-7-12(14)15/h2-3,6,12H,4-5,7H2,1H3. The number of hydrogen-bond donors (Lipinski definition) is 0. The number of methoxy groups -OCH3 is 1. The van der Waals surface area contributed by atoms with Gasteiger partial charge in [0.15, 0.2) is 5.78 Å². The molecule has 0 fully saturated rings. The van der Waals surface area contributed by atoms with Gasteiger partial charge < -0.3 is 9.47 Å². The van der Waals surface area contributed by atoms with Crippen molar-refractivity contribution < 1.29 is 27.4 Å². The molecule has 0 aliphatic rings. The molecular formula is C12H13F3O3. The third-order valence-corrected chi connectivity index (χ3v) is 2.19. The van der Waals surface area contributed by atoms with Crippen molar-refractivity contribution in [2.24, 2.45) is 0 Å². The van der Waals surface area contributed by atoms with E-state index >= 15 is 0 Å². The van der Waals surface area contributed by atoms with Crippen LogP contribution < -0.4 is 4.74 Å². The summed E-state index contributed by atoms with van der Waals surface area (Å²) in [7, 11) is 1.38. The number of benzene rings is 1. The summed E-state index contributed by atoms with van der Waals surface area (Å²) in [5, 5.41) is 0. The van der Waals surface area contributed by atoms with Crippen LogP contribution >= 0.6 is 0 Å². The third kappa shape index (κ3) is 4.37. The van der Waals surface area contributed by atoms with Crippen molar-refractivity contribution in [1.29, 1.82) is 0 Å². The average molecular weight is 262 g/mol. The smallest absolute Gasteiger partial charge is 0.261 e. The van der Waals surface area contributed by atoms with Crippen LogP contribution in [0.3, 0.4) is 0 Å². The van der Waals surface area contributed by atoms with Crippen molar-refractivity contribution in [1.82, 2.24) is 0 Å². The van der Waals surface area contributed by atoms with Crippen LogP contribution in [0.1, 0.15) is 16.8 Å². The predicted molar refractivity (Wildman–Crippen MR) is 58.7 cm³/mol. The van der Waals surface area contributed by atoms with Crippen LogP contribution in [0.2, 0.25) is 0 Å². The van der Waals surface area contributed by atoms with Crippen LogP contribution in [0.4, 0.5) is 13.2 Å². The first-order valence-electron chi connectivity index (χ1n) is 5.27. The Morgan fingerprint density at radius 2 is 2.11 bits per heavy atom. The van der Waals surface area contributed by atoms with Crippen molar-refractivity contribution in [2.45, 2.75) is 12.8 Å². The zero-order valence-electron chi connectivity index (χ0n) is 9.79. The molecule has 100 valence electrons.